The molecule has 2 aliphatic heterocycles. The number of pyridine rings is 1. The summed E-state index contributed by atoms with van der Waals surface area (Å²) in [5.41, 5.74) is 4.63. The van der Waals surface area contributed by atoms with Crippen molar-refractivity contribution >= 4 is 11.6 Å². The van der Waals surface area contributed by atoms with Gasteiger partial charge in [0.25, 0.3) is 0 Å². The van der Waals surface area contributed by atoms with Gasteiger partial charge in [-0.2, -0.15) is 0 Å². The first-order valence-corrected chi connectivity index (χ1v) is 7.37. The summed E-state index contributed by atoms with van der Waals surface area (Å²) in [6, 6.07) is 12.0. The van der Waals surface area contributed by atoms with Gasteiger partial charge in [0.05, 0.1) is 0 Å². The Kier molecular flexibility index (Phi) is 2.88. The number of para-hydroxylation sites is 1. The third kappa shape index (κ3) is 2.17. The number of benzene rings is 1. The molecular weight excluding hydrogens is 262 g/mol. The van der Waals surface area contributed by atoms with Gasteiger partial charge in [-0.15, -0.1) is 0 Å². The molecule has 1 unspecified atom stereocenters. The molecule has 4 nitrogen and oxygen atoms in total. The first kappa shape index (κ1) is 12.4. The van der Waals surface area contributed by atoms with E-state index in [1.54, 1.807) is 0 Å². The Hall–Kier alpha value is -2.36. The topological polar surface area (TPSA) is 45.2 Å². The van der Waals surface area contributed by atoms with Crippen molar-refractivity contribution in [1.29, 1.82) is 0 Å². The number of aromatic nitrogens is 1. The van der Waals surface area contributed by atoms with Crippen LogP contribution in [0.4, 0.5) is 5.69 Å². The first-order chi connectivity index (χ1) is 10.3. The molecule has 0 radical (unpaired) electrons. The van der Waals surface area contributed by atoms with Crippen molar-refractivity contribution in [2.24, 2.45) is 0 Å². The van der Waals surface area contributed by atoms with E-state index in [0.717, 1.165) is 30.8 Å². The molecule has 2 aromatic rings. The number of amides is 1. The molecule has 1 aromatic heterocycles. The molecule has 0 saturated carbocycles. The summed E-state index contributed by atoms with van der Waals surface area (Å²) in [6.45, 7) is 1.44. The zero-order valence-corrected chi connectivity index (χ0v) is 11.7. The van der Waals surface area contributed by atoms with E-state index in [1.165, 1.54) is 11.1 Å². The van der Waals surface area contributed by atoms with E-state index in [4.69, 9.17) is 0 Å². The van der Waals surface area contributed by atoms with Crippen LogP contribution in [0.2, 0.25) is 0 Å². The fraction of sp³-hybridized carbons (Fsp3) is 0.294. The molecule has 4 rings (SSSR count). The molecule has 2 aliphatic rings. The molecule has 1 amide bonds. The third-order valence-electron chi connectivity index (χ3n) is 4.35. The van der Waals surface area contributed by atoms with Gasteiger partial charge in [0.1, 0.15) is 6.04 Å². The van der Waals surface area contributed by atoms with Crippen LogP contribution in [0.1, 0.15) is 16.8 Å². The lowest BCUT2D eigenvalue weighted by Crippen LogP contribution is -2.44. The van der Waals surface area contributed by atoms with Crippen LogP contribution in [0.15, 0.2) is 42.6 Å². The number of carbonyl (C=O) groups is 1. The minimum atomic E-state index is -0.124. The smallest absolute Gasteiger partial charge is 0.245 e. The quantitative estimate of drug-likeness (QED) is 0.868. The van der Waals surface area contributed by atoms with Gasteiger partial charge in [-0.1, -0.05) is 24.3 Å². The zero-order valence-electron chi connectivity index (χ0n) is 11.7. The maximum Gasteiger partial charge on any atom is 0.245 e. The fourth-order valence-corrected chi connectivity index (χ4v) is 3.22. The van der Waals surface area contributed by atoms with Crippen LogP contribution in [-0.2, 0) is 24.2 Å². The van der Waals surface area contributed by atoms with Crippen molar-refractivity contribution in [1.82, 2.24) is 9.88 Å². The van der Waals surface area contributed by atoms with Gasteiger partial charge in [-0.25, -0.2) is 0 Å². The van der Waals surface area contributed by atoms with E-state index in [-0.39, 0.29) is 11.9 Å². The van der Waals surface area contributed by atoms with Crippen LogP contribution >= 0.6 is 0 Å². The monoisotopic (exact) mass is 279 g/mol. The van der Waals surface area contributed by atoms with Crippen molar-refractivity contribution in [3.8, 4) is 0 Å². The Balaban J connectivity index is 1.50. The number of nitrogens with one attached hydrogen (secondary N) is 1. The highest BCUT2D eigenvalue weighted by atomic mass is 16.2. The lowest BCUT2D eigenvalue weighted by Gasteiger charge is -2.30. The summed E-state index contributed by atoms with van der Waals surface area (Å²) in [4.78, 5) is 19.1. The van der Waals surface area contributed by atoms with E-state index in [0.29, 0.717) is 6.54 Å². The number of nitrogens with zero attached hydrogens (tertiary/aromatic N) is 2. The molecule has 4 heteroatoms. The molecule has 0 saturated heterocycles. The summed E-state index contributed by atoms with van der Waals surface area (Å²) < 4.78 is 0. The standard InChI is InChI=1S/C17H17N3O/c21-17(16-10-12-4-1-2-6-15(12)19-16)20-9-7-14-13(11-20)5-3-8-18-14/h1-6,8,16,19H,7,9-11H2. The second-order valence-electron chi connectivity index (χ2n) is 5.68. The van der Waals surface area contributed by atoms with Crippen LogP contribution in [0.5, 0.6) is 0 Å². The fourth-order valence-electron chi connectivity index (χ4n) is 3.22. The SMILES string of the molecule is O=C(C1Cc2ccccc2N1)N1CCc2ncccc2C1. The first-order valence-electron chi connectivity index (χ1n) is 7.37. The maximum absolute atomic E-state index is 12.7. The molecule has 1 N–H and O–H groups in total. The van der Waals surface area contributed by atoms with Gasteiger partial charge < -0.3 is 10.2 Å². The van der Waals surface area contributed by atoms with Crippen molar-refractivity contribution in [2.45, 2.75) is 25.4 Å². The Morgan fingerprint density at radius 3 is 2.95 bits per heavy atom. The van der Waals surface area contributed by atoms with Crippen LogP contribution in [0, 0.1) is 0 Å². The van der Waals surface area contributed by atoms with Crippen LogP contribution < -0.4 is 5.32 Å². The van der Waals surface area contributed by atoms with Crippen LogP contribution in [0.25, 0.3) is 0 Å². The Morgan fingerprint density at radius 1 is 1.19 bits per heavy atom. The summed E-state index contributed by atoms with van der Waals surface area (Å²) in [5, 5.41) is 3.35. The molecule has 0 spiro atoms. The summed E-state index contributed by atoms with van der Waals surface area (Å²) in [7, 11) is 0. The molecule has 0 fully saturated rings. The lowest BCUT2D eigenvalue weighted by molar-refractivity contribution is -0.132. The van der Waals surface area contributed by atoms with Gasteiger partial charge in [0, 0.05) is 43.5 Å². The highest BCUT2D eigenvalue weighted by molar-refractivity contribution is 5.87. The average Bonchev–Trinajstić information content (AvgIpc) is 2.97. The number of carbonyl (C=O) groups excluding carboxylic acids is 1. The highest BCUT2D eigenvalue weighted by Gasteiger charge is 2.31. The van der Waals surface area contributed by atoms with E-state index in [2.05, 4.69) is 22.4 Å². The van der Waals surface area contributed by atoms with Crippen molar-refractivity contribution < 1.29 is 4.79 Å². The molecule has 1 atom stereocenters. The number of rotatable bonds is 1. The Bertz CT molecular complexity index is 673. The van der Waals surface area contributed by atoms with Gasteiger partial charge in [0.15, 0.2) is 0 Å². The predicted octanol–water partition coefficient (Wildman–Crippen LogP) is 2.00. The molecule has 0 aliphatic carbocycles. The van der Waals surface area contributed by atoms with Crippen LogP contribution in [0.3, 0.4) is 0 Å². The predicted molar refractivity (Wildman–Crippen MR) is 80.9 cm³/mol. The van der Waals surface area contributed by atoms with Crippen LogP contribution in [-0.4, -0.2) is 28.4 Å². The number of anilines is 1. The minimum absolute atomic E-state index is 0.124. The van der Waals surface area contributed by atoms with E-state index in [1.807, 2.05) is 35.4 Å². The lowest BCUT2D eigenvalue weighted by atomic mass is 10.0. The van der Waals surface area contributed by atoms with E-state index >= 15 is 0 Å². The molecule has 106 valence electrons. The Morgan fingerprint density at radius 2 is 2.05 bits per heavy atom. The van der Waals surface area contributed by atoms with E-state index in [9.17, 15) is 4.79 Å². The minimum Gasteiger partial charge on any atom is -0.373 e. The number of hydrogen-bond acceptors (Lipinski definition) is 3. The van der Waals surface area contributed by atoms with Gasteiger partial charge in [-0.05, 0) is 23.3 Å². The third-order valence-corrected chi connectivity index (χ3v) is 4.35. The Labute approximate surface area is 123 Å². The summed E-state index contributed by atoms with van der Waals surface area (Å²) in [6.07, 6.45) is 3.46. The van der Waals surface area contributed by atoms with Gasteiger partial charge in [0.2, 0.25) is 5.91 Å². The average molecular weight is 279 g/mol. The second kappa shape index (κ2) is 4.88. The normalized spacial score (nSPS) is 19.6. The van der Waals surface area contributed by atoms with E-state index < -0.39 is 0 Å². The van der Waals surface area contributed by atoms with Crippen molar-refractivity contribution in [3.05, 3.63) is 59.4 Å². The summed E-state index contributed by atoms with van der Waals surface area (Å²) in [5.74, 6) is 0.195. The molecule has 1 aromatic carbocycles. The van der Waals surface area contributed by atoms with Gasteiger partial charge in [-0.3, -0.25) is 9.78 Å². The molecule has 3 heterocycles. The largest absolute Gasteiger partial charge is 0.373 e. The second-order valence-corrected chi connectivity index (χ2v) is 5.68. The number of hydrogen-bond donors (Lipinski definition) is 1. The number of fused-ring (bicyclic) bond motifs is 2. The molecule has 0 bridgehead atoms. The zero-order chi connectivity index (χ0) is 14.2. The highest BCUT2D eigenvalue weighted by Crippen LogP contribution is 2.27. The molecular formula is C17H17N3O. The van der Waals surface area contributed by atoms with Gasteiger partial charge >= 0.3 is 0 Å². The van der Waals surface area contributed by atoms with Crippen molar-refractivity contribution in [2.75, 3.05) is 11.9 Å². The molecule has 21 heavy (non-hydrogen) atoms. The summed E-state index contributed by atoms with van der Waals surface area (Å²) >= 11 is 0. The maximum atomic E-state index is 12.7. The van der Waals surface area contributed by atoms with Crippen molar-refractivity contribution in [3.63, 3.8) is 0 Å².